The van der Waals surface area contributed by atoms with Gasteiger partial charge in [-0.25, -0.2) is 8.42 Å². The molecule has 2 aromatic carbocycles. The summed E-state index contributed by atoms with van der Waals surface area (Å²) in [6.07, 6.45) is 0. The lowest BCUT2D eigenvalue weighted by Crippen LogP contribution is -2.30. The molecule has 0 bridgehead atoms. The number of aryl methyl sites for hydroxylation is 1. The topological polar surface area (TPSA) is 92.5 Å². The zero-order valence-corrected chi connectivity index (χ0v) is 15.7. The number of rotatable bonds is 6. The van der Waals surface area contributed by atoms with E-state index < -0.39 is 10.0 Å². The Labute approximate surface area is 157 Å². The monoisotopic (exact) mass is 385 g/mol. The number of benzene rings is 2. The third-order valence-electron chi connectivity index (χ3n) is 3.91. The van der Waals surface area contributed by atoms with E-state index in [0.29, 0.717) is 17.9 Å². The summed E-state index contributed by atoms with van der Waals surface area (Å²) >= 11 is 0. The van der Waals surface area contributed by atoms with Gasteiger partial charge in [0.1, 0.15) is 5.76 Å². The van der Waals surface area contributed by atoms with E-state index >= 15 is 0 Å². The number of para-hydroxylation sites is 1. The number of sulfonamides is 1. The molecule has 0 aliphatic carbocycles. The molecule has 3 aromatic rings. The lowest BCUT2D eigenvalue weighted by molar-refractivity contribution is 0.0988. The minimum atomic E-state index is -3.82. The molecule has 0 unspecified atom stereocenters. The van der Waals surface area contributed by atoms with Crippen molar-refractivity contribution in [3.05, 3.63) is 72.0 Å². The second-order valence-electron chi connectivity index (χ2n) is 5.84. The molecule has 0 saturated carbocycles. The fraction of sp³-hybridized carbons (Fsp3) is 0.158. The second kappa shape index (κ2) is 7.63. The van der Waals surface area contributed by atoms with Gasteiger partial charge in [0.05, 0.1) is 4.90 Å². The minimum Gasteiger partial charge on any atom is -0.360 e. The van der Waals surface area contributed by atoms with E-state index in [9.17, 15) is 13.2 Å². The Bertz CT molecular complexity index is 1030. The van der Waals surface area contributed by atoms with Crippen LogP contribution in [0.1, 0.15) is 23.0 Å². The van der Waals surface area contributed by atoms with Crippen molar-refractivity contribution in [3.63, 3.8) is 0 Å². The average Bonchev–Trinajstić information content (AvgIpc) is 3.07. The Morgan fingerprint density at radius 3 is 2.33 bits per heavy atom. The van der Waals surface area contributed by atoms with Gasteiger partial charge in [0.2, 0.25) is 0 Å². The molecular weight excluding hydrogens is 366 g/mol. The van der Waals surface area contributed by atoms with Crippen LogP contribution in [0, 0.1) is 6.92 Å². The average molecular weight is 385 g/mol. The molecule has 0 aliphatic rings. The lowest BCUT2D eigenvalue weighted by Gasteiger charge is -2.21. The van der Waals surface area contributed by atoms with Gasteiger partial charge in [0, 0.05) is 23.9 Å². The van der Waals surface area contributed by atoms with Crippen molar-refractivity contribution >= 4 is 27.4 Å². The van der Waals surface area contributed by atoms with Gasteiger partial charge in [-0.1, -0.05) is 23.4 Å². The van der Waals surface area contributed by atoms with Gasteiger partial charge in [-0.15, -0.1) is 0 Å². The van der Waals surface area contributed by atoms with E-state index in [0.717, 1.165) is 5.69 Å². The summed E-state index contributed by atoms with van der Waals surface area (Å²) in [6, 6.07) is 16.6. The fourth-order valence-corrected chi connectivity index (χ4v) is 3.58. The number of amides is 1. The molecule has 1 heterocycles. The first-order chi connectivity index (χ1) is 12.9. The van der Waals surface area contributed by atoms with Crippen LogP contribution in [0.2, 0.25) is 0 Å². The fourth-order valence-electron chi connectivity index (χ4n) is 2.59. The predicted molar refractivity (Wildman–Crippen MR) is 102 cm³/mol. The van der Waals surface area contributed by atoms with Gasteiger partial charge in [0.15, 0.2) is 5.82 Å². The number of hydrogen-bond donors (Lipinski definition) is 1. The van der Waals surface area contributed by atoms with Crippen LogP contribution in [0.25, 0.3) is 0 Å². The molecule has 27 heavy (non-hydrogen) atoms. The van der Waals surface area contributed by atoms with Crippen molar-refractivity contribution in [2.45, 2.75) is 18.7 Å². The first kappa shape index (κ1) is 18.7. The van der Waals surface area contributed by atoms with Crippen molar-refractivity contribution in [2.24, 2.45) is 0 Å². The van der Waals surface area contributed by atoms with Gasteiger partial charge in [-0.3, -0.25) is 9.52 Å². The predicted octanol–water partition coefficient (Wildman–Crippen LogP) is 3.45. The van der Waals surface area contributed by atoms with Crippen LogP contribution in [-0.2, 0) is 10.0 Å². The second-order valence-corrected chi connectivity index (χ2v) is 7.52. The smallest absolute Gasteiger partial charge is 0.263 e. The molecule has 8 heteroatoms. The maximum atomic E-state index is 12.8. The molecule has 0 fully saturated rings. The van der Waals surface area contributed by atoms with Crippen LogP contribution in [0.4, 0.5) is 11.5 Å². The van der Waals surface area contributed by atoms with E-state index in [1.807, 2.05) is 37.3 Å². The Balaban J connectivity index is 1.81. The Morgan fingerprint density at radius 2 is 1.78 bits per heavy atom. The summed E-state index contributed by atoms with van der Waals surface area (Å²) in [5.41, 5.74) is 1.18. The minimum absolute atomic E-state index is 0.0301. The van der Waals surface area contributed by atoms with Crippen LogP contribution in [0.3, 0.4) is 0 Å². The summed E-state index contributed by atoms with van der Waals surface area (Å²) in [5.74, 6) is 0.399. The highest BCUT2D eigenvalue weighted by atomic mass is 32.2. The van der Waals surface area contributed by atoms with Crippen LogP contribution >= 0.6 is 0 Å². The van der Waals surface area contributed by atoms with E-state index in [2.05, 4.69) is 9.88 Å². The SMILES string of the molecule is CCN(C(=O)c1ccc(S(=O)(=O)Nc2cc(C)on2)cc1)c1ccccc1. The number of nitrogens with one attached hydrogen (secondary N) is 1. The molecule has 0 atom stereocenters. The number of carbonyl (C=O) groups excluding carboxylic acids is 1. The van der Waals surface area contributed by atoms with E-state index in [1.54, 1.807) is 11.8 Å². The molecule has 3 rings (SSSR count). The Kier molecular flexibility index (Phi) is 5.27. The Hall–Kier alpha value is -3.13. The molecule has 1 amide bonds. The number of nitrogens with zero attached hydrogens (tertiary/aromatic N) is 2. The van der Waals surface area contributed by atoms with Crippen molar-refractivity contribution in [1.29, 1.82) is 0 Å². The highest BCUT2D eigenvalue weighted by Crippen LogP contribution is 2.19. The highest BCUT2D eigenvalue weighted by Gasteiger charge is 2.19. The Morgan fingerprint density at radius 1 is 1.11 bits per heavy atom. The number of aromatic nitrogens is 1. The van der Waals surface area contributed by atoms with Gasteiger partial charge in [0.25, 0.3) is 15.9 Å². The quantitative estimate of drug-likeness (QED) is 0.701. The molecule has 140 valence electrons. The normalized spacial score (nSPS) is 11.2. The maximum absolute atomic E-state index is 12.8. The number of anilines is 2. The summed E-state index contributed by atoms with van der Waals surface area (Å²) in [5, 5.41) is 3.61. The van der Waals surface area contributed by atoms with Crippen molar-refractivity contribution in [3.8, 4) is 0 Å². The van der Waals surface area contributed by atoms with Crippen LogP contribution in [0.5, 0.6) is 0 Å². The first-order valence-electron chi connectivity index (χ1n) is 8.34. The van der Waals surface area contributed by atoms with Gasteiger partial charge in [-0.2, -0.15) is 0 Å². The highest BCUT2D eigenvalue weighted by molar-refractivity contribution is 7.92. The largest absolute Gasteiger partial charge is 0.360 e. The third-order valence-corrected chi connectivity index (χ3v) is 5.28. The zero-order valence-electron chi connectivity index (χ0n) is 14.9. The van der Waals surface area contributed by atoms with E-state index in [-0.39, 0.29) is 16.6 Å². The molecule has 1 N–H and O–H groups in total. The molecule has 0 saturated heterocycles. The van der Waals surface area contributed by atoms with Gasteiger partial charge in [-0.05, 0) is 50.2 Å². The van der Waals surface area contributed by atoms with Crippen molar-refractivity contribution in [1.82, 2.24) is 5.16 Å². The van der Waals surface area contributed by atoms with Crippen molar-refractivity contribution < 1.29 is 17.7 Å². The summed E-state index contributed by atoms with van der Waals surface area (Å²) in [6.45, 7) is 4.04. The lowest BCUT2D eigenvalue weighted by atomic mass is 10.2. The molecule has 0 radical (unpaired) electrons. The molecule has 7 nitrogen and oxygen atoms in total. The standard InChI is InChI=1S/C19H19N3O4S/c1-3-22(16-7-5-4-6-8-16)19(23)15-9-11-17(12-10-15)27(24,25)21-18-13-14(2)26-20-18/h4-13H,3H2,1-2H3,(H,20,21). The zero-order chi connectivity index (χ0) is 19.4. The van der Waals surface area contributed by atoms with Crippen LogP contribution in [0.15, 0.2) is 70.1 Å². The maximum Gasteiger partial charge on any atom is 0.263 e. The van der Waals surface area contributed by atoms with Gasteiger partial charge < -0.3 is 9.42 Å². The molecule has 1 aromatic heterocycles. The molecular formula is C19H19N3O4S. The number of carbonyl (C=O) groups is 1. The van der Waals surface area contributed by atoms with Crippen LogP contribution < -0.4 is 9.62 Å². The van der Waals surface area contributed by atoms with Crippen LogP contribution in [-0.4, -0.2) is 26.0 Å². The summed E-state index contributed by atoms with van der Waals surface area (Å²) in [4.78, 5) is 14.4. The summed E-state index contributed by atoms with van der Waals surface area (Å²) < 4.78 is 32.0. The summed E-state index contributed by atoms with van der Waals surface area (Å²) in [7, 11) is -3.82. The first-order valence-corrected chi connectivity index (χ1v) is 9.82. The van der Waals surface area contributed by atoms with Gasteiger partial charge >= 0.3 is 0 Å². The van der Waals surface area contributed by atoms with Crippen molar-refractivity contribution in [2.75, 3.05) is 16.2 Å². The third kappa shape index (κ3) is 4.17. The molecule has 0 aliphatic heterocycles. The molecule has 0 spiro atoms. The number of hydrogen-bond acceptors (Lipinski definition) is 5. The van der Waals surface area contributed by atoms with E-state index in [1.165, 1.54) is 30.3 Å². The van der Waals surface area contributed by atoms with E-state index in [4.69, 9.17) is 4.52 Å².